The molecule has 0 saturated heterocycles. The second-order valence-corrected chi connectivity index (χ2v) is 7.61. The number of carbonyl (C=O) groups is 1. The molecule has 0 aliphatic heterocycles. The van der Waals surface area contributed by atoms with E-state index in [1.807, 2.05) is 60.4 Å². The molecule has 28 heavy (non-hydrogen) atoms. The molecule has 1 heterocycles. The van der Waals surface area contributed by atoms with Crippen molar-refractivity contribution in [2.24, 2.45) is 0 Å². The molecule has 0 spiro atoms. The Hall–Kier alpha value is -2.57. The summed E-state index contributed by atoms with van der Waals surface area (Å²) in [6.07, 6.45) is 1.61. The zero-order chi connectivity index (χ0) is 19.9. The summed E-state index contributed by atoms with van der Waals surface area (Å²) in [5.41, 5.74) is 1.80. The van der Waals surface area contributed by atoms with E-state index in [-0.39, 0.29) is 24.2 Å². The van der Waals surface area contributed by atoms with Crippen molar-refractivity contribution in [1.82, 2.24) is 10.2 Å². The van der Waals surface area contributed by atoms with Gasteiger partial charge in [0.2, 0.25) is 5.91 Å². The van der Waals surface area contributed by atoms with E-state index in [9.17, 15) is 9.90 Å². The number of halogens is 1. The Morgan fingerprint density at radius 2 is 1.86 bits per heavy atom. The lowest BCUT2D eigenvalue weighted by molar-refractivity contribution is -0.123. The molecule has 1 atom stereocenters. The van der Waals surface area contributed by atoms with E-state index < -0.39 is 0 Å². The summed E-state index contributed by atoms with van der Waals surface area (Å²) in [5, 5.41) is 13.1. The van der Waals surface area contributed by atoms with Crippen LogP contribution in [-0.2, 0) is 17.9 Å². The molecule has 0 fully saturated rings. The van der Waals surface area contributed by atoms with Gasteiger partial charge < -0.3 is 14.8 Å². The predicted molar refractivity (Wildman–Crippen MR) is 112 cm³/mol. The fraction of sp³-hybridized carbons (Fsp3) is 0.227. The summed E-state index contributed by atoms with van der Waals surface area (Å²) >= 11 is 3.42. The Morgan fingerprint density at radius 3 is 2.54 bits per heavy atom. The number of hydrogen-bond acceptors (Lipinski definition) is 4. The monoisotopic (exact) mass is 442 g/mol. The smallest absolute Gasteiger partial charge is 0.234 e. The Kier molecular flexibility index (Phi) is 6.90. The van der Waals surface area contributed by atoms with Crippen LogP contribution in [0, 0.1) is 0 Å². The molecule has 0 bridgehead atoms. The number of furan rings is 1. The van der Waals surface area contributed by atoms with E-state index in [0.29, 0.717) is 13.1 Å². The second-order valence-electron chi connectivity index (χ2n) is 6.69. The van der Waals surface area contributed by atoms with E-state index in [2.05, 4.69) is 21.2 Å². The SMILES string of the molecule is CC(NC(=O)CN(Cc1ccco1)Cc1ccccc1O)c1ccc(Br)cc1. The summed E-state index contributed by atoms with van der Waals surface area (Å²) in [6.45, 7) is 3.06. The third-order valence-corrected chi connectivity index (χ3v) is 4.99. The Balaban J connectivity index is 1.66. The summed E-state index contributed by atoms with van der Waals surface area (Å²) < 4.78 is 6.44. The number of phenolic OH excluding ortho intramolecular Hbond substituents is 1. The lowest BCUT2D eigenvalue weighted by Gasteiger charge is -2.23. The van der Waals surface area contributed by atoms with Crippen LogP contribution in [0.4, 0.5) is 0 Å². The van der Waals surface area contributed by atoms with E-state index >= 15 is 0 Å². The number of aromatic hydroxyl groups is 1. The van der Waals surface area contributed by atoms with Gasteiger partial charge in [0.25, 0.3) is 0 Å². The van der Waals surface area contributed by atoms with Crippen molar-refractivity contribution in [2.75, 3.05) is 6.54 Å². The second kappa shape index (κ2) is 9.57. The van der Waals surface area contributed by atoms with Gasteiger partial charge in [0, 0.05) is 16.6 Å². The highest BCUT2D eigenvalue weighted by molar-refractivity contribution is 9.10. The maximum Gasteiger partial charge on any atom is 0.234 e. The third kappa shape index (κ3) is 5.71. The van der Waals surface area contributed by atoms with Gasteiger partial charge in [-0.15, -0.1) is 0 Å². The lowest BCUT2D eigenvalue weighted by atomic mass is 10.1. The molecule has 3 aromatic rings. The van der Waals surface area contributed by atoms with Gasteiger partial charge in [0.05, 0.1) is 25.4 Å². The van der Waals surface area contributed by atoms with Gasteiger partial charge in [-0.25, -0.2) is 0 Å². The third-order valence-electron chi connectivity index (χ3n) is 4.46. The number of rotatable bonds is 8. The highest BCUT2D eigenvalue weighted by Crippen LogP contribution is 2.20. The summed E-state index contributed by atoms with van der Waals surface area (Å²) in [4.78, 5) is 14.6. The normalized spacial score (nSPS) is 12.1. The van der Waals surface area contributed by atoms with Crippen molar-refractivity contribution in [3.8, 4) is 5.75 Å². The van der Waals surface area contributed by atoms with Crippen molar-refractivity contribution in [1.29, 1.82) is 0 Å². The van der Waals surface area contributed by atoms with Crippen molar-refractivity contribution >= 4 is 21.8 Å². The molecule has 5 nitrogen and oxygen atoms in total. The first-order chi connectivity index (χ1) is 13.5. The quantitative estimate of drug-likeness (QED) is 0.533. The van der Waals surface area contributed by atoms with Crippen LogP contribution in [-0.4, -0.2) is 22.5 Å². The zero-order valence-corrected chi connectivity index (χ0v) is 17.2. The van der Waals surface area contributed by atoms with E-state index in [1.165, 1.54) is 0 Å². The molecular formula is C22H23BrN2O3. The number of para-hydroxylation sites is 1. The van der Waals surface area contributed by atoms with Crippen LogP contribution in [0.1, 0.15) is 29.9 Å². The van der Waals surface area contributed by atoms with Gasteiger partial charge in [-0.2, -0.15) is 0 Å². The predicted octanol–water partition coefficient (Wildman–Crippen LogP) is 4.63. The van der Waals surface area contributed by atoms with Crippen LogP contribution >= 0.6 is 15.9 Å². The number of hydrogen-bond donors (Lipinski definition) is 2. The first-order valence-corrected chi connectivity index (χ1v) is 9.87. The van der Waals surface area contributed by atoms with Gasteiger partial charge in [0.1, 0.15) is 11.5 Å². The molecule has 146 valence electrons. The summed E-state index contributed by atoms with van der Waals surface area (Å²) in [7, 11) is 0. The molecule has 2 aromatic carbocycles. The van der Waals surface area contributed by atoms with Crippen LogP contribution in [0.25, 0.3) is 0 Å². The van der Waals surface area contributed by atoms with E-state index in [1.54, 1.807) is 18.4 Å². The Bertz CT molecular complexity index is 894. The molecule has 0 aliphatic rings. The molecule has 3 rings (SSSR count). The van der Waals surface area contributed by atoms with E-state index in [0.717, 1.165) is 21.4 Å². The molecule has 1 unspecified atom stereocenters. The van der Waals surface area contributed by atoms with Gasteiger partial charge in [0.15, 0.2) is 0 Å². The largest absolute Gasteiger partial charge is 0.508 e. The number of nitrogens with zero attached hydrogens (tertiary/aromatic N) is 1. The highest BCUT2D eigenvalue weighted by Gasteiger charge is 2.17. The Morgan fingerprint density at radius 1 is 1.11 bits per heavy atom. The fourth-order valence-electron chi connectivity index (χ4n) is 3.00. The first kappa shape index (κ1) is 20.2. The average molecular weight is 443 g/mol. The van der Waals surface area contributed by atoms with Crippen LogP contribution in [0.5, 0.6) is 5.75 Å². The van der Waals surface area contributed by atoms with Crippen molar-refractivity contribution in [3.63, 3.8) is 0 Å². The average Bonchev–Trinajstić information content (AvgIpc) is 3.17. The maximum atomic E-state index is 12.7. The van der Waals surface area contributed by atoms with Gasteiger partial charge in [-0.3, -0.25) is 9.69 Å². The minimum atomic E-state index is -0.101. The minimum absolute atomic E-state index is 0.0857. The van der Waals surface area contributed by atoms with Gasteiger partial charge in [-0.05, 0) is 42.8 Å². The number of carbonyl (C=O) groups excluding carboxylic acids is 1. The summed E-state index contributed by atoms with van der Waals surface area (Å²) in [5.74, 6) is 0.900. The molecule has 0 saturated carbocycles. The number of amides is 1. The van der Waals surface area contributed by atoms with E-state index in [4.69, 9.17) is 4.42 Å². The minimum Gasteiger partial charge on any atom is -0.508 e. The van der Waals surface area contributed by atoms with Crippen LogP contribution < -0.4 is 5.32 Å². The first-order valence-electron chi connectivity index (χ1n) is 9.07. The number of benzene rings is 2. The van der Waals surface area contributed by atoms with Gasteiger partial charge in [-0.1, -0.05) is 46.3 Å². The topological polar surface area (TPSA) is 65.7 Å². The fourth-order valence-corrected chi connectivity index (χ4v) is 3.27. The number of nitrogens with one attached hydrogen (secondary N) is 1. The van der Waals surface area contributed by atoms with Crippen LogP contribution in [0.2, 0.25) is 0 Å². The zero-order valence-electron chi connectivity index (χ0n) is 15.6. The molecule has 6 heteroatoms. The molecule has 0 aliphatic carbocycles. The van der Waals surface area contributed by atoms with Crippen LogP contribution in [0.15, 0.2) is 75.8 Å². The molecular weight excluding hydrogens is 420 g/mol. The number of phenols is 1. The van der Waals surface area contributed by atoms with Crippen molar-refractivity contribution < 1.29 is 14.3 Å². The van der Waals surface area contributed by atoms with Crippen molar-refractivity contribution in [2.45, 2.75) is 26.1 Å². The molecule has 0 radical (unpaired) electrons. The van der Waals surface area contributed by atoms with Crippen LogP contribution in [0.3, 0.4) is 0 Å². The Labute approximate surface area is 173 Å². The van der Waals surface area contributed by atoms with Crippen molar-refractivity contribution in [3.05, 3.63) is 88.3 Å². The standard InChI is InChI=1S/C22H23BrN2O3/c1-16(17-8-10-19(23)11-9-17)24-22(27)15-25(14-20-6-4-12-28-20)13-18-5-2-3-7-21(18)26/h2-12,16,26H,13-15H2,1H3,(H,24,27). The highest BCUT2D eigenvalue weighted by atomic mass is 79.9. The molecule has 1 aromatic heterocycles. The molecule has 2 N–H and O–H groups in total. The maximum absolute atomic E-state index is 12.7. The van der Waals surface area contributed by atoms with Gasteiger partial charge >= 0.3 is 0 Å². The summed E-state index contributed by atoms with van der Waals surface area (Å²) in [6, 6.07) is 18.6. The molecule has 1 amide bonds. The lowest BCUT2D eigenvalue weighted by Crippen LogP contribution is -2.37.